The first kappa shape index (κ1) is 31.5. The van der Waals surface area contributed by atoms with Gasteiger partial charge in [-0.05, 0) is 63.7 Å². The molecule has 0 spiro atoms. The smallest absolute Gasteiger partial charge is 0.433 e. The molecule has 0 saturated heterocycles. The second-order valence-electron chi connectivity index (χ2n) is 10.4. The summed E-state index contributed by atoms with van der Waals surface area (Å²) in [5.74, 6) is 0.0115. The second kappa shape index (κ2) is 12.8. The van der Waals surface area contributed by atoms with Gasteiger partial charge in [0, 0.05) is 30.3 Å². The van der Waals surface area contributed by atoms with Gasteiger partial charge in [-0.15, -0.1) is 0 Å². The first-order valence-electron chi connectivity index (χ1n) is 13.6. The lowest BCUT2D eigenvalue weighted by atomic mass is 10.0. The standard InChI is InChI=1S/C31H33F3N6O3/c1-19(2)39(15-14-38(4)26(18-41)24-9-7-6-8-22(24)16-35)30(42)25-17-36-40-28(31(32,33)34)20(3)27(37-29(25)40)21-10-12-23(43-5)13-11-21/h6-13,17,19,26,41H,14-15,18H2,1-5H3. The fourth-order valence-electron chi connectivity index (χ4n) is 5.12. The number of nitriles is 1. The van der Waals surface area contributed by atoms with Crippen LogP contribution in [0.1, 0.15) is 52.6 Å². The van der Waals surface area contributed by atoms with E-state index in [2.05, 4.69) is 16.2 Å². The van der Waals surface area contributed by atoms with E-state index in [4.69, 9.17) is 4.74 Å². The van der Waals surface area contributed by atoms with Crippen LogP contribution in [0.2, 0.25) is 0 Å². The van der Waals surface area contributed by atoms with Gasteiger partial charge in [-0.2, -0.15) is 23.5 Å². The molecule has 4 aromatic rings. The van der Waals surface area contributed by atoms with Crippen LogP contribution >= 0.6 is 0 Å². The maximum Gasteiger partial charge on any atom is 0.433 e. The highest BCUT2D eigenvalue weighted by Gasteiger charge is 2.39. The Morgan fingerprint density at radius 3 is 2.40 bits per heavy atom. The number of nitrogens with zero attached hydrogens (tertiary/aromatic N) is 6. The predicted molar refractivity (Wildman–Crippen MR) is 155 cm³/mol. The van der Waals surface area contributed by atoms with Gasteiger partial charge in [-0.1, -0.05) is 18.2 Å². The molecule has 226 valence electrons. The number of hydrogen-bond acceptors (Lipinski definition) is 7. The van der Waals surface area contributed by atoms with Gasteiger partial charge in [0.05, 0.1) is 43.3 Å². The third-order valence-corrected chi connectivity index (χ3v) is 7.47. The first-order valence-corrected chi connectivity index (χ1v) is 13.6. The SMILES string of the molecule is COc1ccc(-c2nc3c(C(=O)N(CCN(C)C(CO)c4ccccc4C#N)C(C)C)cnn3c(C(F)(F)F)c2C)cc1. The number of carbonyl (C=O) groups is 1. The van der Waals surface area contributed by atoms with Crippen LogP contribution in [0.3, 0.4) is 0 Å². The van der Waals surface area contributed by atoms with Crippen molar-refractivity contribution >= 4 is 11.6 Å². The van der Waals surface area contributed by atoms with Gasteiger partial charge in [0.2, 0.25) is 0 Å². The average Bonchev–Trinajstić information content (AvgIpc) is 3.39. The number of likely N-dealkylation sites (N-methyl/N-ethyl adjacent to an activating group) is 1. The zero-order valence-corrected chi connectivity index (χ0v) is 24.6. The minimum atomic E-state index is -4.77. The number of rotatable bonds is 10. The number of aliphatic hydroxyl groups is 1. The summed E-state index contributed by atoms with van der Waals surface area (Å²) < 4.78 is 48.9. The van der Waals surface area contributed by atoms with Crippen molar-refractivity contribution in [2.75, 3.05) is 33.9 Å². The molecule has 12 heteroatoms. The van der Waals surface area contributed by atoms with Gasteiger partial charge in [-0.25, -0.2) is 9.50 Å². The van der Waals surface area contributed by atoms with E-state index in [0.717, 1.165) is 6.20 Å². The average molecular weight is 595 g/mol. The molecule has 0 radical (unpaired) electrons. The van der Waals surface area contributed by atoms with Crippen molar-refractivity contribution in [1.82, 2.24) is 24.4 Å². The molecule has 0 saturated carbocycles. The topological polar surface area (TPSA) is 107 Å². The maximum absolute atomic E-state index is 14.4. The van der Waals surface area contributed by atoms with Crippen molar-refractivity contribution in [3.05, 3.63) is 82.7 Å². The van der Waals surface area contributed by atoms with Crippen molar-refractivity contribution in [3.8, 4) is 23.1 Å². The fourth-order valence-corrected chi connectivity index (χ4v) is 5.12. The number of fused-ring (bicyclic) bond motifs is 1. The Hall–Kier alpha value is -4.47. The summed E-state index contributed by atoms with van der Waals surface area (Å²) in [5.41, 5.74) is 0.198. The van der Waals surface area contributed by atoms with Gasteiger partial charge in [-0.3, -0.25) is 9.69 Å². The van der Waals surface area contributed by atoms with Gasteiger partial charge >= 0.3 is 6.18 Å². The summed E-state index contributed by atoms with van der Waals surface area (Å²) in [6, 6.07) is 14.8. The number of ether oxygens (including phenoxy) is 1. The summed E-state index contributed by atoms with van der Waals surface area (Å²) in [4.78, 5) is 21.8. The number of alkyl halides is 3. The Morgan fingerprint density at radius 1 is 1.14 bits per heavy atom. The summed E-state index contributed by atoms with van der Waals surface area (Å²) in [7, 11) is 3.26. The van der Waals surface area contributed by atoms with Crippen LogP contribution < -0.4 is 4.74 Å². The number of amides is 1. The largest absolute Gasteiger partial charge is 0.497 e. The molecule has 1 N–H and O–H groups in total. The molecule has 1 unspecified atom stereocenters. The Bertz CT molecular complexity index is 1640. The van der Waals surface area contributed by atoms with Gasteiger partial charge in [0.15, 0.2) is 11.3 Å². The Morgan fingerprint density at radius 2 is 1.81 bits per heavy atom. The van der Waals surface area contributed by atoms with E-state index in [9.17, 15) is 28.3 Å². The minimum Gasteiger partial charge on any atom is -0.497 e. The van der Waals surface area contributed by atoms with Crippen LogP contribution in [0.15, 0.2) is 54.7 Å². The van der Waals surface area contributed by atoms with Crippen molar-refractivity contribution in [2.45, 2.75) is 39.0 Å². The van der Waals surface area contributed by atoms with Gasteiger partial charge < -0.3 is 14.7 Å². The van der Waals surface area contributed by atoms with E-state index in [1.165, 1.54) is 18.9 Å². The van der Waals surface area contributed by atoms with E-state index in [1.807, 2.05) is 4.90 Å². The lowest BCUT2D eigenvalue weighted by molar-refractivity contribution is -0.143. The molecule has 2 aromatic heterocycles. The lowest BCUT2D eigenvalue weighted by Gasteiger charge is -2.32. The molecule has 2 heterocycles. The number of methoxy groups -OCH3 is 1. The van der Waals surface area contributed by atoms with Crippen LogP contribution in [-0.4, -0.2) is 75.3 Å². The third kappa shape index (κ3) is 6.33. The van der Waals surface area contributed by atoms with Crippen molar-refractivity contribution in [2.24, 2.45) is 0 Å². The molecule has 1 amide bonds. The molecule has 4 rings (SSSR count). The Balaban J connectivity index is 1.71. The summed E-state index contributed by atoms with van der Waals surface area (Å²) in [5, 5.41) is 23.6. The highest BCUT2D eigenvalue weighted by molar-refractivity contribution is 6.00. The maximum atomic E-state index is 14.4. The molecular weight excluding hydrogens is 561 g/mol. The summed E-state index contributed by atoms with van der Waals surface area (Å²) >= 11 is 0. The zero-order chi connectivity index (χ0) is 31.5. The normalized spacial score (nSPS) is 12.5. The number of hydrogen-bond donors (Lipinski definition) is 1. The van der Waals surface area contributed by atoms with Crippen LogP contribution in [0.4, 0.5) is 13.2 Å². The molecule has 43 heavy (non-hydrogen) atoms. The minimum absolute atomic E-state index is 0.0647. The molecule has 9 nitrogen and oxygen atoms in total. The van der Waals surface area contributed by atoms with Crippen LogP contribution in [0.5, 0.6) is 5.75 Å². The van der Waals surface area contributed by atoms with Crippen LogP contribution in [0, 0.1) is 18.3 Å². The van der Waals surface area contributed by atoms with Crippen LogP contribution in [-0.2, 0) is 6.18 Å². The molecule has 0 fully saturated rings. The molecule has 0 bridgehead atoms. The van der Waals surface area contributed by atoms with Crippen molar-refractivity contribution < 1.29 is 27.8 Å². The number of aromatic nitrogens is 3. The highest BCUT2D eigenvalue weighted by Crippen LogP contribution is 2.37. The fraction of sp³-hybridized carbons (Fsp3) is 0.355. The monoisotopic (exact) mass is 594 g/mol. The third-order valence-electron chi connectivity index (χ3n) is 7.47. The predicted octanol–water partition coefficient (Wildman–Crippen LogP) is 5.12. The number of halogens is 3. The lowest BCUT2D eigenvalue weighted by Crippen LogP contribution is -2.43. The Labute approximate surface area is 247 Å². The van der Waals surface area contributed by atoms with Gasteiger partial charge in [0.1, 0.15) is 11.3 Å². The van der Waals surface area contributed by atoms with E-state index in [1.54, 1.807) is 69.4 Å². The molecular formula is C31H33F3N6O3. The zero-order valence-electron chi connectivity index (χ0n) is 24.6. The van der Waals surface area contributed by atoms with E-state index in [-0.39, 0.29) is 41.7 Å². The van der Waals surface area contributed by atoms with Crippen LogP contribution in [0.25, 0.3) is 16.9 Å². The molecule has 1 atom stereocenters. The molecule has 0 aliphatic carbocycles. The molecule has 0 aliphatic heterocycles. The highest BCUT2D eigenvalue weighted by atomic mass is 19.4. The van der Waals surface area contributed by atoms with E-state index >= 15 is 0 Å². The van der Waals surface area contributed by atoms with Gasteiger partial charge in [0.25, 0.3) is 5.91 Å². The van der Waals surface area contributed by atoms with E-state index in [0.29, 0.717) is 33.5 Å². The van der Waals surface area contributed by atoms with Crippen molar-refractivity contribution in [1.29, 1.82) is 5.26 Å². The summed E-state index contributed by atoms with van der Waals surface area (Å²) in [6.45, 7) is 5.19. The second-order valence-corrected chi connectivity index (χ2v) is 10.4. The quantitative estimate of drug-likeness (QED) is 0.272. The van der Waals surface area contributed by atoms with Crippen molar-refractivity contribution in [3.63, 3.8) is 0 Å². The van der Waals surface area contributed by atoms with E-state index < -0.39 is 23.8 Å². The molecule has 0 aliphatic rings. The first-order chi connectivity index (χ1) is 20.4. The number of benzene rings is 2. The Kier molecular flexibility index (Phi) is 9.37. The number of carbonyl (C=O) groups excluding carboxylic acids is 1. The summed E-state index contributed by atoms with van der Waals surface area (Å²) in [6.07, 6.45) is -3.64. The number of aliphatic hydroxyl groups excluding tert-OH is 1. The molecule has 2 aromatic carbocycles.